The standard InChI is InChI=1S/C16H11FN4O3S/c1-25(22,23)14-3-2-13(15(16(14)21)12(20)8-19)24-11-5-9(7-18)4-10(17)6-11/h2-6,20H,21H2,1H3. The summed E-state index contributed by atoms with van der Waals surface area (Å²) in [5, 5.41) is 25.6. The minimum absolute atomic E-state index is 0.00707. The van der Waals surface area contributed by atoms with Crippen LogP contribution in [0, 0.1) is 33.9 Å². The second-order valence-electron chi connectivity index (χ2n) is 5.00. The van der Waals surface area contributed by atoms with Crippen LogP contribution in [0.15, 0.2) is 35.2 Å². The molecule has 0 bridgehead atoms. The van der Waals surface area contributed by atoms with Crippen LogP contribution in [0.3, 0.4) is 0 Å². The lowest BCUT2D eigenvalue weighted by atomic mass is 10.1. The molecule has 0 spiro atoms. The van der Waals surface area contributed by atoms with Crippen molar-refractivity contribution in [3.8, 4) is 23.6 Å². The summed E-state index contributed by atoms with van der Waals surface area (Å²) in [4.78, 5) is -0.258. The van der Waals surface area contributed by atoms with E-state index in [0.29, 0.717) is 0 Å². The Morgan fingerprint density at radius 2 is 1.96 bits per heavy atom. The second kappa shape index (κ2) is 6.59. The lowest BCUT2D eigenvalue weighted by Gasteiger charge is -2.14. The van der Waals surface area contributed by atoms with Gasteiger partial charge in [0.05, 0.1) is 27.8 Å². The number of halogens is 1. The number of nitrogens with one attached hydrogen (secondary N) is 1. The smallest absolute Gasteiger partial charge is 0.177 e. The predicted molar refractivity (Wildman–Crippen MR) is 87.6 cm³/mol. The van der Waals surface area contributed by atoms with E-state index < -0.39 is 21.4 Å². The fourth-order valence-corrected chi connectivity index (χ4v) is 2.93. The first-order valence-electron chi connectivity index (χ1n) is 6.67. The Kier molecular flexibility index (Phi) is 4.72. The summed E-state index contributed by atoms with van der Waals surface area (Å²) in [5.41, 5.74) is 4.66. The first-order chi connectivity index (χ1) is 11.7. The van der Waals surface area contributed by atoms with Crippen LogP contribution >= 0.6 is 0 Å². The Balaban J connectivity index is 2.65. The third-order valence-corrected chi connectivity index (χ3v) is 4.31. The lowest BCUT2D eigenvalue weighted by molar-refractivity contribution is 0.475. The van der Waals surface area contributed by atoms with Gasteiger partial charge < -0.3 is 10.5 Å². The van der Waals surface area contributed by atoms with Crippen LogP contribution < -0.4 is 10.5 Å². The van der Waals surface area contributed by atoms with E-state index in [9.17, 15) is 12.8 Å². The highest BCUT2D eigenvalue weighted by Crippen LogP contribution is 2.34. The number of anilines is 1. The summed E-state index contributed by atoms with van der Waals surface area (Å²) in [6.45, 7) is 0. The SMILES string of the molecule is CS(=O)(=O)c1ccc(Oc2cc(F)cc(C#N)c2)c(C(=N)C#N)c1N. The Morgan fingerprint density at radius 3 is 2.52 bits per heavy atom. The van der Waals surface area contributed by atoms with Gasteiger partial charge in [-0.1, -0.05) is 0 Å². The first kappa shape index (κ1) is 17.9. The van der Waals surface area contributed by atoms with Crippen LogP contribution in [0.2, 0.25) is 0 Å². The van der Waals surface area contributed by atoms with Gasteiger partial charge in [-0.15, -0.1) is 0 Å². The predicted octanol–water partition coefficient (Wildman–Crippen LogP) is 2.37. The molecule has 0 fully saturated rings. The van der Waals surface area contributed by atoms with Crippen molar-refractivity contribution >= 4 is 21.2 Å². The molecule has 0 amide bonds. The van der Waals surface area contributed by atoms with E-state index >= 15 is 0 Å². The molecule has 3 N–H and O–H groups in total. The number of nitrogens with two attached hydrogens (primary N) is 1. The summed E-state index contributed by atoms with van der Waals surface area (Å²) in [5.74, 6) is -0.882. The van der Waals surface area contributed by atoms with Crippen molar-refractivity contribution in [2.24, 2.45) is 0 Å². The van der Waals surface area contributed by atoms with Crippen molar-refractivity contribution < 1.29 is 17.5 Å². The van der Waals surface area contributed by atoms with E-state index in [-0.39, 0.29) is 33.2 Å². The minimum Gasteiger partial charge on any atom is -0.456 e. The molecule has 2 rings (SSSR count). The normalized spacial score (nSPS) is 10.6. The number of hydrogen-bond acceptors (Lipinski definition) is 7. The highest BCUT2D eigenvalue weighted by Gasteiger charge is 2.22. The number of nitrogen functional groups attached to an aromatic ring is 1. The molecule has 7 nitrogen and oxygen atoms in total. The fraction of sp³-hybridized carbons (Fsp3) is 0.0625. The summed E-state index contributed by atoms with van der Waals surface area (Å²) in [6.07, 6.45) is 0.935. The average molecular weight is 358 g/mol. The highest BCUT2D eigenvalue weighted by atomic mass is 32.2. The number of hydrogen-bond donors (Lipinski definition) is 2. The zero-order chi connectivity index (χ0) is 18.8. The molecule has 0 saturated carbocycles. The van der Waals surface area contributed by atoms with Gasteiger partial charge in [0.25, 0.3) is 0 Å². The maximum absolute atomic E-state index is 13.5. The summed E-state index contributed by atoms with van der Waals surface area (Å²) in [6, 6.07) is 8.97. The minimum atomic E-state index is -3.69. The first-order valence-corrected chi connectivity index (χ1v) is 8.56. The van der Waals surface area contributed by atoms with Crippen molar-refractivity contribution in [3.63, 3.8) is 0 Å². The van der Waals surface area contributed by atoms with Gasteiger partial charge >= 0.3 is 0 Å². The van der Waals surface area contributed by atoms with Crippen molar-refractivity contribution in [2.45, 2.75) is 4.90 Å². The van der Waals surface area contributed by atoms with Gasteiger partial charge in [-0.25, -0.2) is 12.8 Å². The molecule has 2 aromatic rings. The number of rotatable bonds is 4. The topological polar surface area (TPSA) is 141 Å². The Hall–Kier alpha value is -3.43. The molecule has 0 saturated heterocycles. The molecule has 9 heteroatoms. The summed E-state index contributed by atoms with van der Waals surface area (Å²) < 4.78 is 42.5. The monoisotopic (exact) mass is 358 g/mol. The van der Waals surface area contributed by atoms with Crippen molar-refractivity contribution in [1.82, 2.24) is 0 Å². The van der Waals surface area contributed by atoms with Crippen LogP contribution in [0.25, 0.3) is 0 Å². The second-order valence-corrected chi connectivity index (χ2v) is 6.98. The summed E-state index contributed by atoms with van der Waals surface area (Å²) >= 11 is 0. The maximum Gasteiger partial charge on any atom is 0.177 e. The van der Waals surface area contributed by atoms with E-state index in [4.69, 9.17) is 26.4 Å². The average Bonchev–Trinajstić information content (AvgIpc) is 2.52. The number of sulfone groups is 1. The van der Waals surface area contributed by atoms with Gasteiger partial charge in [0.15, 0.2) is 9.84 Å². The quantitative estimate of drug-likeness (QED) is 0.635. The van der Waals surface area contributed by atoms with Crippen LogP contribution in [-0.2, 0) is 9.84 Å². The van der Waals surface area contributed by atoms with Gasteiger partial charge in [-0.05, 0) is 24.3 Å². The third-order valence-electron chi connectivity index (χ3n) is 3.16. The summed E-state index contributed by atoms with van der Waals surface area (Å²) in [7, 11) is -3.69. The molecule has 126 valence electrons. The van der Waals surface area contributed by atoms with E-state index in [0.717, 1.165) is 18.4 Å². The Labute approximate surface area is 143 Å². The number of benzene rings is 2. The zero-order valence-corrected chi connectivity index (χ0v) is 13.7. The molecule has 0 aromatic heterocycles. The van der Waals surface area contributed by atoms with E-state index in [1.807, 2.05) is 0 Å². The third kappa shape index (κ3) is 3.74. The van der Waals surface area contributed by atoms with Crippen molar-refractivity contribution in [1.29, 1.82) is 15.9 Å². The van der Waals surface area contributed by atoms with Gasteiger partial charge in [-0.2, -0.15) is 10.5 Å². The lowest BCUT2D eigenvalue weighted by Crippen LogP contribution is -2.10. The molecule has 0 atom stereocenters. The maximum atomic E-state index is 13.5. The molecule has 0 aliphatic heterocycles. The van der Waals surface area contributed by atoms with Crippen molar-refractivity contribution in [3.05, 3.63) is 47.3 Å². The molecular formula is C16H11FN4O3S. The molecule has 0 heterocycles. The largest absolute Gasteiger partial charge is 0.456 e. The van der Waals surface area contributed by atoms with Crippen LogP contribution in [0.1, 0.15) is 11.1 Å². The molecule has 0 aliphatic carbocycles. The number of ether oxygens (including phenoxy) is 1. The van der Waals surface area contributed by atoms with Crippen molar-refractivity contribution in [2.75, 3.05) is 12.0 Å². The van der Waals surface area contributed by atoms with E-state index in [1.165, 1.54) is 18.2 Å². The van der Waals surface area contributed by atoms with Gasteiger partial charge in [-0.3, -0.25) is 5.41 Å². The van der Waals surface area contributed by atoms with Gasteiger partial charge in [0.1, 0.15) is 29.1 Å². The van der Waals surface area contributed by atoms with E-state index in [1.54, 1.807) is 12.1 Å². The highest BCUT2D eigenvalue weighted by molar-refractivity contribution is 7.90. The Morgan fingerprint density at radius 1 is 1.28 bits per heavy atom. The van der Waals surface area contributed by atoms with Crippen LogP contribution in [0.4, 0.5) is 10.1 Å². The van der Waals surface area contributed by atoms with Gasteiger partial charge in [0.2, 0.25) is 0 Å². The molecular weight excluding hydrogens is 347 g/mol. The fourth-order valence-electron chi connectivity index (χ4n) is 2.12. The van der Waals surface area contributed by atoms with E-state index in [2.05, 4.69) is 0 Å². The molecule has 0 unspecified atom stereocenters. The number of nitrogens with zero attached hydrogens (tertiary/aromatic N) is 2. The number of nitriles is 2. The Bertz CT molecular complexity index is 1070. The molecule has 25 heavy (non-hydrogen) atoms. The van der Waals surface area contributed by atoms with Crippen LogP contribution in [-0.4, -0.2) is 20.4 Å². The van der Waals surface area contributed by atoms with Crippen LogP contribution in [0.5, 0.6) is 11.5 Å². The molecule has 2 aromatic carbocycles. The van der Waals surface area contributed by atoms with Gasteiger partial charge in [0, 0.05) is 12.3 Å². The molecule has 0 radical (unpaired) electrons. The molecule has 0 aliphatic rings. The zero-order valence-electron chi connectivity index (χ0n) is 12.9.